The van der Waals surface area contributed by atoms with Crippen molar-refractivity contribution in [1.29, 1.82) is 0 Å². The third kappa shape index (κ3) is 5.07. The van der Waals surface area contributed by atoms with E-state index in [-0.39, 0.29) is 18.4 Å². The van der Waals surface area contributed by atoms with Crippen molar-refractivity contribution < 1.29 is 14.2 Å². The molecule has 3 atom stereocenters. The summed E-state index contributed by atoms with van der Waals surface area (Å²) in [6.07, 6.45) is 1.87. The number of aryl methyl sites for hydroxylation is 2. The number of benzene rings is 3. The second-order valence-corrected chi connectivity index (χ2v) is 8.41. The van der Waals surface area contributed by atoms with Crippen molar-refractivity contribution >= 4 is 0 Å². The van der Waals surface area contributed by atoms with Gasteiger partial charge in [0, 0.05) is 12.0 Å². The maximum atomic E-state index is 6.36. The largest absolute Gasteiger partial charge is 0.491 e. The minimum absolute atomic E-state index is 0.174. The fourth-order valence-electron chi connectivity index (χ4n) is 3.90. The van der Waals surface area contributed by atoms with Crippen LogP contribution < -0.4 is 9.47 Å². The number of ether oxygens (including phenoxy) is 3. The summed E-state index contributed by atoms with van der Waals surface area (Å²) in [6.45, 7) is 4.50. The normalized spacial score (nSPS) is 20.0. The van der Waals surface area contributed by atoms with Gasteiger partial charge in [0.1, 0.15) is 36.0 Å². The molecule has 4 aromatic rings. The topological polar surface area (TPSA) is 58.4 Å². The SMILES string of the molecule is Cc1ccc(OC[C@H]2O[C@@H](n3cc(-c4ccccc4)nn3)C[C@@H]2Oc2ccc(C)cc2)cc1. The number of hydrogen-bond donors (Lipinski definition) is 0. The zero-order valence-corrected chi connectivity index (χ0v) is 18.8. The van der Waals surface area contributed by atoms with Crippen LogP contribution in [0.4, 0.5) is 0 Å². The number of rotatable bonds is 7. The van der Waals surface area contributed by atoms with E-state index in [0.717, 1.165) is 22.8 Å². The number of hydrogen-bond acceptors (Lipinski definition) is 5. The van der Waals surface area contributed by atoms with Crippen LogP contribution >= 0.6 is 0 Å². The summed E-state index contributed by atoms with van der Waals surface area (Å²) in [5.74, 6) is 1.63. The van der Waals surface area contributed by atoms with Gasteiger partial charge < -0.3 is 14.2 Å². The molecule has 6 nitrogen and oxygen atoms in total. The highest BCUT2D eigenvalue weighted by atomic mass is 16.6. The molecule has 0 amide bonds. The molecular weight excluding hydrogens is 414 g/mol. The average molecular weight is 442 g/mol. The molecule has 1 aromatic heterocycles. The summed E-state index contributed by atoms with van der Waals surface area (Å²) in [7, 11) is 0. The predicted octanol–water partition coefficient (Wildman–Crippen LogP) is 5.38. The fraction of sp³-hybridized carbons (Fsp3) is 0.259. The minimum atomic E-state index is -0.281. The average Bonchev–Trinajstić information content (AvgIpc) is 3.48. The second-order valence-electron chi connectivity index (χ2n) is 8.41. The van der Waals surface area contributed by atoms with Gasteiger partial charge in [-0.2, -0.15) is 0 Å². The summed E-state index contributed by atoms with van der Waals surface area (Å²) < 4.78 is 20.5. The lowest BCUT2D eigenvalue weighted by atomic mass is 10.1. The minimum Gasteiger partial charge on any atom is -0.491 e. The smallest absolute Gasteiger partial charge is 0.156 e. The molecule has 0 bridgehead atoms. The Hall–Kier alpha value is -3.64. The summed E-state index contributed by atoms with van der Waals surface area (Å²) in [5.41, 5.74) is 4.22. The Kier molecular flexibility index (Phi) is 6.09. The summed E-state index contributed by atoms with van der Waals surface area (Å²) in [4.78, 5) is 0. The van der Waals surface area contributed by atoms with Crippen LogP contribution in [0.5, 0.6) is 11.5 Å². The van der Waals surface area contributed by atoms with Crippen LogP contribution in [0.1, 0.15) is 23.8 Å². The Morgan fingerprint density at radius 2 is 1.55 bits per heavy atom. The van der Waals surface area contributed by atoms with Crippen LogP contribution in [0.25, 0.3) is 11.3 Å². The van der Waals surface area contributed by atoms with Crippen LogP contribution in [0.15, 0.2) is 85.1 Å². The third-order valence-electron chi connectivity index (χ3n) is 5.80. The van der Waals surface area contributed by atoms with E-state index >= 15 is 0 Å². The summed E-state index contributed by atoms with van der Waals surface area (Å²) >= 11 is 0. The molecule has 2 heterocycles. The third-order valence-corrected chi connectivity index (χ3v) is 5.80. The quantitative estimate of drug-likeness (QED) is 0.386. The Labute approximate surface area is 193 Å². The molecule has 1 saturated heterocycles. The van der Waals surface area contributed by atoms with E-state index in [1.54, 1.807) is 4.68 Å². The first-order valence-corrected chi connectivity index (χ1v) is 11.2. The zero-order valence-electron chi connectivity index (χ0n) is 18.8. The monoisotopic (exact) mass is 441 g/mol. The van der Waals surface area contributed by atoms with Crippen molar-refractivity contribution in [3.8, 4) is 22.8 Å². The molecule has 1 aliphatic heterocycles. The molecule has 1 fully saturated rings. The van der Waals surface area contributed by atoms with Crippen LogP contribution in [0.2, 0.25) is 0 Å². The second kappa shape index (κ2) is 9.46. The van der Waals surface area contributed by atoms with Crippen molar-refractivity contribution in [2.75, 3.05) is 6.61 Å². The highest BCUT2D eigenvalue weighted by Gasteiger charge is 2.39. The van der Waals surface area contributed by atoms with Gasteiger partial charge in [-0.15, -0.1) is 5.10 Å². The lowest BCUT2D eigenvalue weighted by molar-refractivity contribution is -0.0406. The Bertz CT molecular complexity index is 1170. The Morgan fingerprint density at radius 3 is 2.24 bits per heavy atom. The van der Waals surface area contributed by atoms with Crippen molar-refractivity contribution in [2.45, 2.75) is 38.7 Å². The number of aromatic nitrogens is 3. The molecule has 0 N–H and O–H groups in total. The van der Waals surface area contributed by atoms with Gasteiger partial charge in [0.05, 0.1) is 6.20 Å². The highest BCUT2D eigenvalue weighted by molar-refractivity contribution is 5.57. The Balaban J connectivity index is 1.32. The van der Waals surface area contributed by atoms with Crippen LogP contribution in [-0.2, 0) is 4.74 Å². The van der Waals surface area contributed by atoms with Gasteiger partial charge in [-0.1, -0.05) is 70.9 Å². The first kappa shape index (κ1) is 21.2. The van der Waals surface area contributed by atoms with Crippen LogP contribution in [0, 0.1) is 13.8 Å². The maximum Gasteiger partial charge on any atom is 0.156 e. The van der Waals surface area contributed by atoms with Crippen molar-refractivity contribution in [2.24, 2.45) is 0 Å². The molecule has 6 heteroatoms. The lowest BCUT2D eigenvalue weighted by Crippen LogP contribution is -2.32. The fourth-order valence-corrected chi connectivity index (χ4v) is 3.90. The van der Waals surface area contributed by atoms with Gasteiger partial charge in [0.2, 0.25) is 0 Å². The van der Waals surface area contributed by atoms with E-state index in [4.69, 9.17) is 14.2 Å². The highest BCUT2D eigenvalue weighted by Crippen LogP contribution is 2.33. The van der Waals surface area contributed by atoms with E-state index in [9.17, 15) is 0 Å². The molecule has 0 unspecified atom stereocenters. The summed E-state index contributed by atoms with van der Waals surface area (Å²) in [5, 5.41) is 8.67. The molecular formula is C27H27N3O3. The van der Waals surface area contributed by atoms with Gasteiger partial charge in [-0.25, -0.2) is 4.68 Å². The molecule has 168 valence electrons. The van der Waals surface area contributed by atoms with Gasteiger partial charge in [-0.05, 0) is 38.1 Å². The van der Waals surface area contributed by atoms with E-state index in [1.165, 1.54) is 11.1 Å². The maximum absolute atomic E-state index is 6.36. The van der Waals surface area contributed by atoms with Crippen LogP contribution in [-0.4, -0.2) is 33.8 Å². The molecule has 33 heavy (non-hydrogen) atoms. The first-order chi connectivity index (χ1) is 16.1. The van der Waals surface area contributed by atoms with E-state index in [2.05, 4.69) is 24.2 Å². The van der Waals surface area contributed by atoms with Gasteiger partial charge >= 0.3 is 0 Å². The van der Waals surface area contributed by atoms with Crippen molar-refractivity contribution in [3.05, 3.63) is 96.2 Å². The molecule has 5 rings (SSSR count). The van der Waals surface area contributed by atoms with Gasteiger partial charge in [-0.3, -0.25) is 0 Å². The molecule has 1 aliphatic rings. The van der Waals surface area contributed by atoms with Crippen molar-refractivity contribution in [3.63, 3.8) is 0 Å². The van der Waals surface area contributed by atoms with E-state index in [1.807, 2.05) is 85.1 Å². The summed E-state index contributed by atoms with van der Waals surface area (Å²) in [6, 6.07) is 26.1. The van der Waals surface area contributed by atoms with E-state index in [0.29, 0.717) is 13.0 Å². The molecule has 0 spiro atoms. The molecule has 0 saturated carbocycles. The van der Waals surface area contributed by atoms with Crippen LogP contribution in [0.3, 0.4) is 0 Å². The number of nitrogens with zero attached hydrogens (tertiary/aromatic N) is 3. The van der Waals surface area contributed by atoms with E-state index < -0.39 is 0 Å². The lowest BCUT2D eigenvalue weighted by Gasteiger charge is -2.20. The first-order valence-electron chi connectivity index (χ1n) is 11.2. The predicted molar refractivity (Wildman–Crippen MR) is 126 cm³/mol. The molecule has 3 aromatic carbocycles. The van der Waals surface area contributed by atoms with Crippen molar-refractivity contribution in [1.82, 2.24) is 15.0 Å². The standard InChI is InChI=1S/C27H27N3O3/c1-19-8-12-22(13-9-19)31-18-26-25(32-23-14-10-20(2)11-15-23)16-27(33-26)30-17-24(28-29-30)21-6-4-3-5-7-21/h3-15,17,25-27H,16,18H2,1-2H3/t25-,26+,27+/m0/s1. The molecule has 0 aliphatic carbocycles. The Morgan fingerprint density at radius 1 is 0.879 bits per heavy atom. The van der Waals surface area contributed by atoms with Gasteiger partial charge in [0.25, 0.3) is 0 Å². The molecule has 0 radical (unpaired) electrons. The van der Waals surface area contributed by atoms with Gasteiger partial charge in [0.15, 0.2) is 6.23 Å². The zero-order chi connectivity index (χ0) is 22.6.